The van der Waals surface area contributed by atoms with Crippen LogP contribution in [0.25, 0.3) is 0 Å². The fourth-order valence-corrected chi connectivity index (χ4v) is 1.83. The number of aromatic nitrogens is 1. The van der Waals surface area contributed by atoms with Crippen molar-refractivity contribution in [1.29, 1.82) is 0 Å². The summed E-state index contributed by atoms with van der Waals surface area (Å²) in [6, 6.07) is 10.9. The minimum atomic E-state index is -0.493. The third-order valence-electron chi connectivity index (χ3n) is 2.77. The molecular weight excluding hydrogens is 240 g/mol. The maximum atomic E-state index is 11.3. The smallest absolute Gasteiger partial charge is 0.250 e. The van der Waals surface area contributed by atoms with E-state index in [1.54, 1.807) is 24.4 Å². The van der Waals surface area contributed by atoms with Crippen LogP contribution in [0.1, 0.15) is 16.1 Å². The first-order chi connectivity index (χ1) is 9.18. The van der Waals surface area contributed by atoms with E-state index in [0.29, 0.717) is 23.5 Å². The average molecular weight is 256 g/mol. The van der Waals surface area contributed by atoms with E-state index >= 15 is 0 Å². The number of hydrogen-bond acceptors (Lipinski definition) is 4. The van der Waals surface area contributed by atoms with Crippen LogP contribution < -0.4 is 16.8 Å². The third-order valence-corrected chi connectivity index (χ3v) is 2.77. The molecule has 0 bridgehead atoms. The maximum absolute atomic E-state index is 11.3. The fourth-order valence-electron chi connectivity index (χ4n) is 1.83. The second kappa shape index (κ2) is 5.86. The summed E-state index contributed by atoms with van der Waals surface area (Å²) in [5.74, 6) is -0.493. The van der Waals surface area contributed by atoms with Crippen molar-refractivity contribution in [1.82, 2.24) is 4.98 Å². The van der Waals surface area contributed by atoms with E-state index in [1.165, 1.54) is 0 Å². The molecule has 0 fully saturated rings. The summed E-state index contributed by atoms with van der Waals surface area (Å²) in [4.78, 5) is 15.5. The van der Waals surface area contributed by atoms with Crippen LogP contribution in [-0.4, -0.2) is 17.4 Å². The Morgan fingerprint density at radius 2 is 2.05 bits per heavy atom. The van der Waals surface area contributed by atoms with Crippen molar-refractivity contribution < 1.29 is 4.79 Å². The number of nitrogens with one attached hydrogen (secondary N) is 1. The summed E-state index contributed by atoms with van der Waals surface area (Å²) in [6.07, 6.45) is 2.49. The Kier molecular flexibility index (Phi) is 3.97. The number of nitrogen functional groups attached to an aromatic ring is 1. The molecular formula is C14H16N4O. The largest absolute Gasteiger partial charge is 0.397 e. The molecule has 5 N–H and O–H groups in total. The predicted octanol–water partition coefficient (Wildman–Crippen LogP) is 1.42. The van der Waals surface area contributed by atoms with Gasteiger partial charge in [-0.05, 0) is 24.3 Å². The van der Waals surface area contributed by atoms with Crippen molar-refractivity contribution >= 4 is 17.3 Å². The molecule has 0 radical (unpaired) electrons. The molecule has 98 valence electrons. The lowest BCUT2D eigenvalue weighted by Crippen LogP contribution is -2.17. The standard InChI is InChI=1S/C14H16N4O/c15-12-6-3-5-11(14(16)19)13(12)18-9-7-10-4-1-2-8-17-10/h1-6,8,18H,7,9,15H2,(H2,16,19). The Labute approximate surface area is 111 Å². The molecule has 1 heterocycles. The van der Waals surface area contributed by atoms with Gasteiger partial charge in [-0.15, -0.1) is 0 Å². The van der Waals surface area contributed by atoms with Gasteiger partial charge in [0.2, 0.25) is 0 Å². The SMILES string of the molecule is NC(=O)c1cccc(N)c1NCCc1ccccn1. The molecule has 1 amide bonds. The van der Waals surface area contributed by atoms with Gasteiger partial charge < -0.3 is 16.8 Å². The van der Waals surface area contributed by atoms with Crippen molar-refractivity contribution in [2.75, 3.05) is 17.6 Å². The Hall–Kier alpha value is -2.56. The molecule has 0 atom stereocenters. The molecule has 0 saturated carbocycles. The van der Waals surface area contributed by atoms with Gasteiger partial charge in [0, 0.05) is 24.9 Å². The molecule has 2 aromatic rings. The van der Waals surface area contributed by atoms with Gasteiger partial charge in [-0.25, -0.2) is 0 Å². The number of rotatable bonds is 5. The summed E-state index contributed by atoms with van der Waals surface area (Å²) in [7, 11) is 0. The second-order valence-electron chi connectivity index (χ2n) is 4.13. The molecule has 5 nitrogen and oxygen atoms in total. The highest BCUT2D eigenvalue weighted by molar-refractivity contribution is 6.01. The van der Waals surface area contributed by atoms with Crippen molar-refractivity contribution in [3.05, 3.63) is 53.9 Å². The minimum absolute atomic E-state index is 0.404. The van der Waals surface area contributed by atoms with Crippen LogP contribution in [-0.2, 0) is 6.42 Å². The lowest BCUT2D eigenvalue weighted by atomic mass is 10.1. The Bertz CT molecular complexity index is 569. The summed E-state index contributed by atoms with van der Waals surface area (Å²) in [5, 5.41) is 3.15. The van der Waals surface area contributed by atoms with E-state index in [0.717, 1.165) is 12.1 Å². The predicted molar refractivity (Wildman–Crippen MR) is 75.8 cm³/mol. The molecule has 0 unspecified atom stereocenters. The highest BCUT2D eigenvalue weighted by Crippen LogP contribution is 2.22. The minimum Gasteiger partial charge on any atom is -0.397 e. The van der Waals surface area contributed by atoms with Gasteiger partial charge in [-0.2, -0.15) is 0 Å². The number of amides is 1. The van der Waals surface area contributed by atoms with Gasteiger partial charge in [-0.1, -0.05) is 12.1 Å². The van der Waals surface area contributed by atoms with Gasteiger partial charge in [-0.3, -0.25) is 9.78 Å². The van der Waals surface area contributed by atoms with Crippen molar-refractivity contribution in [2.24, 2.45) is 5.73 Å². The summed E-state index contributed by atoms with van der Waals surface area (Å²) in [6.45, 7) is 0.630. The number of carbonyl (C=O) groups is 1. The van der Waals surface area contributed by atoms with Crippen LogP contribution in [0.15, 0.2) is 42.6 Å². The van der Waals surface area contributed by atoms with Gasteiger partial charge in [0.25, 0.3) is 5.91 Å². The monoisotopic (exact) mass is 256 g/mol. The van der Waals surface area contributed by atoms with Crippen molar-refractivity contribution in [2.45, 2.75) is 6.42 Å². The molecule has 0 aliphatic carbocycles. The van der Waals surface area contributed by atoms with Crippen LogP contribution in [0.2, 0.25) is 0 Å². The fraction of sp³-hybridized carbons (Fsp3) is 0.143. The van der Waals surface area contributed by atoms with E-state index in [1.807, 2.05) is 18.2 Å². The van der Waals surface area contributed by atoms with E-state index in [9.17, 15) is 4.79 Å². The van der Waals surface area contributed by atoms with Crippen LogP contribution >= 0.6 is 0 Å². The number of carbonyl (C=O) groups excluding carboxylic acids is 1. The normalized spacial score (nSPS) is 10.1. The summed E-state index contributed by atoms with van der Waals surface area (Å²) >= 11 is 0. The topological polar surface area (TPSA) is 94.0 Å². The average Bonchev–Trinajstić information content (AvgIpc) is 2.41. The van der Waals surface area contributed by atoms with Crippen molar-refractivity contribution in [3.8, 4) is 0 Å². The van der Waals surface area contributed by atoms with E-state index in [2.05, 4.69) is 10.3 Å². The number of anilines is 2. The zero-order valence-corrected chi connectivity index (χ0v) is 10.5. The first-order valence-electron chi connectivity index (χ1n) is 6.00. The highest BCUT2D eigenvalue weighted by Gasteiger charge is 2.10. The molecule has 19 heavy (non-hydrogen) atoms. The lowest BCUT2D eigenvalue weighted by molar-refractivity contribution is 0.100. The number of para-hydroxylation sites is 1. The molecule has 0 aliphatic rings. The Balaban J connectivity index is 2.05. The summed E-state index contributed by atoms with van der Waals surface area (Å²) < 4.78 is 0. The van der Waals surface area contributed by atoms with Crippen LogP contribution in [0.4, 0.5) is 11.4 Å². The first kappa shape index (κ1) is 12.9. The zero-order valence-electron chi connectivity index (χ0n) is 10.5. The molecule has 0 spiro atoms. The number of nitrogens with two attached hydrogens (primary N) is 2. The third kappa shape index (κ3) is 3.22. The molecule has 5 heteroatoms. The van der Waals surface area contributed by atoms with E-state index < -0.39 is 5.91 Å². The molecule has 0 saturated heterocycles. The van der Waals surface area contributed by atoms with Gasteiger partial charge in [0.15, 0.2) is 0 Å². The lowest BCUT2D eigenvalue weighted by Gasteiger charge is -2.12. The molecule has 0 aliphatic heterocycles. The molecule has 1 aromatic carbocycles. The van der Waals surface area contributed by atoms with Crippen LogP contribution in [0, 0.1) is 0 Å². The molecule has 1 aromatic heterocycles. The van der Waals surface area contributed by atoms with Gasteiger partial charge in [0.05, 0.1) is 16.9 Å². The summed E-state index contributed by atoms with van der Waals surface area (Å²) in [5.41, 5.74) is 13.7. The quantitative estimate of drug-likeness (QED) is 0.705. The van der Waals surface area contributed by atoms with E-state index in [4.69, 9.17) is 11.5 Å². The highest BCUT2D eigenvalue weighted by atomic mass is 16.1. The second-order valence-corrected chi connectivity index (χ2v) is 4.13. The van der Waals surface area contributed by atoms with Crippen molar-refractivity contribution in [3.63, 3.8) is 0 Å². The van der Waals surface area contributed by atoms with E-state index in [-0.39, 0.29) is 0 Å². The van der Waals surface area contributed by atoms with Crippen LogP contribution in [0.3, 0.4) is 0 Å². The number of benzene rings is 1. The maximum Gasteiger partial charge on any atom is 0.250 e. The Morgan fingerprint density at radius 3 is 2.74 bits per heavy atom. The first-order valence-corrected chi connectivity index (χ1v) is 6.00. The molecule has 2 rings (SSSR count). The van der Waals surface area contributed by atoms with Gasteiger partial charge >= 0.3 is 0 Å². The zero-order chi connectivity index (χ0) is 13.7. The number of hydrogen-bond donors (Lipinski definition) is 3. The van der Waals surface area contributed by atoms with Gasteiger partial charge in [0.1, 0.15) is 0 Å². The van der Waals surface area contributed by atoms with Crippen LogP contribution in [0.5, 0.6) is 0 Å². The number of pyridine rings is 1. The number of nitrogens with zero attached hydrogens (tertiary/aromatic N) is 1. The number of primary amides is 1. The Morgan fingerprint density at radius 1 is 1.21 bits per heavy atom.